The molecule has 0 fully saturated rings. The molecule has 0 atom stereocenters. The smallest absolute Gasteiger partial charge is 0.217 e. The second-order valence-electron chi connectivity index (χ2n) is 3.15. The quantitative estimate of drug-likeness (QED) is 0.701. The molecule has 3 heteroatoms. The van der Waals surface area contributed by atoms with Crippen molar-refractivity contribution in [1.82, 2.24) is 0 Å². The summed E-state index contributed by atoms with van der Waals surface area (Å²) in [5.41, 5.74) is 7.09. The first-order valence-corrected chi connectivity index (χ1v) is 4.52. The van der Waals surface area contributed by atoms with Crippen LogP contribution in [0.4, 0.5) is 0 Å². The standard InChI is InChI=1S/C11H13NO2/c12-11(14)6-5-9-1-3-10(4-2-9)7-8-13/h1-4,8H,5-7H2,(H2,12,14). The van der Waals surface area contributed by atoms with Crippen LogP contribution >= 0.6 is 0 Å². The number of primary amides is 1. The van der Waals surface area contributed by atoms with Crippen LogP contribution in [0.15, 0.2) is 24.3 Å². The number of hydrogen-bond acceptors (Lipinski definition) is 2. The van der Waals surface area contributed by atoms with E-state index in [9.17, 15) is 9.59 Å². The van der Waals surface area contributed by atoms with Gasteiger partial charge in [0, 0.05) is 12.8 Å². The fourth-order valence-corrected chi connectivity index (χ4v) is 1.21. The number of rotatable bonds is 5. The number of amides is 1. The van der Waals surface area contributed by atoms with E-state index >= 15 is 0 Å². The SMILES string of the molecule is NC(=O)CCc1ccc(CC=O)cc1. The van der Waals surface area contributed by atoms with Gasteiger partial charge in [-0.05, 0) is 17.5 Å². The molecular weight excluding hydrogens is 178 g/mol. The Balaban J connectivity index is 2.54. The Morgan fingerprint density at radius 1 is 1.21 bits per heavy atom. The lowest BCUT2D eigenvalue weighted by atomic mass is 10.1. The van der Waals surface area contributed by atoms with Gasteiger partial charge in [0.05, 0.1) is 0 Å². The van der Waals surface area contributed by atoms with Gasteiger partial charge in [0.1, 0.15) is 6.29 Å². The molecule has 0 spiro atoms. The summed E-state index contributed by atoms with van der Waals surface area (Å²) >= 11 is 0. The molecule has 1 amide bonds. The summed E-state index contributed by atoms with van der Waals surface area (Å²) in [5.74, 6) is -0.290. The summed E-state index contributed by atoms with van der Waals surface area (Å²) in [6.07, 6.45) is 2.35. The van der Waals surface area contributed by atoms with Crippen molar-refractivity contribution in [3.05, 3.63) is 35.4 Å². The lowest BCUT2D eigenvalue weighted by Gasteiger charge is -2.00. The number of aryl methyl sites for hydroxylation is 1. The van der Waals surface area contributed by atoms with E-state index in [-0.39, 0.29) is 5.91 Å². The van der Waals surface area contributed by atoms with Crippen molar-refractivity contribution in [3.8, 4) is 0 Å². The van der Waals surface area contributed by atoms with Gasteiger partial charge in [-0.25, -0.2) is 0 Å². The molecule has 0 aliphatic heterocycles. The number of nitrogens with two attached hydrogens (primary N) is 1. The van der Waals surface area contributed by atoms with Gasteiger partial charge in [-0.3, -0.25) is 4.79 Å². The minimum atomic E-state index is -0.290. The summed E-state index contributed by atoms with van der Waals surface area (Å²) in [7, 11) is 0. The first-order chi connectivity index (χ1) is 6.72. The van der Waals surface area contributed by atoms with Crippen LogP contribution in [-0.4, -0.2) is 12.2 Å². The Hall–Kier alpha value is -1.64. The zero-order chi connectivity index (χ0) is 10.4. The maximum absolute atomic E-state index is 10.5. The molecule has 0 radical (unpaired) electrons. The molecule has 0 aliphatic carbocycles. The van der Waals surface area contributed by atoms with Crippen LogP contribution in [0.2, 0.25) is 0 Å². The van der Waals surface area contributed by atoms with Crippen LogP contribution in [0.5, 0.6) is 0 Å². The van der Waals surface area contributed by atoms with E-state index in [1.165, 1.54) is 0 Å². The van der Waals surface area contributed by atoms with Crippen LogP contribution in [0, 0.1) is 0 Å². The van der Waals surface area contributed by atoms with Crippen molar-refractivity contribution >= 4 is 12.2 Å². The van der Waals surface area contributed by atoms with Gasteiger partial charge in [0.15, 0.2) is 0 Å². The van der Waals surface area contributed by atoms with Gasteiger partial charge >= 0.3 is 0 Å². The Morgan fingerprint density at radius 3 is 2.29 bits per heavy atom. The highest BCUT2D eigenvalue weighted by atomic mass is 16.1. The number of benzene rings is 1. The van der Waals surface area contributed by atoms with Crippen molar-refractivity contribution in [1.29, 1.82) is 0 Å². The van der Waals surface area contributed by atoms with E-state index in [1.807, 2.05) is 24.3 Å². The third kappa shape index (κ3) is 3.39. The topological polar surface area (TPSA) is 60.2 Å². The summed E-state index contributed by atoms with van der Waals surface area (Å²) in [6.45, 7) is 0. The number of carbonyl (C=O) groups excluding carboxylic acids is 2. The first-order valence-electron chi connectivity index (χ1n) is 4.52. The van der Waals surface area contributed by atoms with Crippen LogP contribution in [0.25, 0.3) is 0 Å². The average molecular weight is 191 g/mol. The lowest BCUT2D eigenvalue weighted by molar-refractivity contribution is -0.118. The van der Waals surface area contributed by atoms with Crippen LogP contribution < -0.4 is 5.73 Å². The first kappa shape index (κ1) is 10.4. The Morgan fingerprint density at radius 2 is 1.79 bits per heavy atom. The Labute approximate surface area is 82.9 Å². The third-order valence-electron chi connectivity index (χ3n) is 2.00. The van der Waals surface area contributed by atoms with Crippen LogP contribution in [0.1, 0.15) is 17.5 Å². The minimum absolute atomic E-state index is 0.290. The average Bonchev–Trinajstić information content (AvgIpc) is 2.17. The normalized spacial score (nSPS) is 9.71. The molecule has 3 nitrogen and oxygen atoms in total. The highest BCUT2D eigenvalue weighted by molar-refractivity contribution is 5.74. The summed E-state index contributed by atoms with van der Waals surface area (Å²) in [6, 6.07) is 7.62. The molecule has 14 heavy (non-hydrogen) atoms. The molecular formula is C11H13NO2. The van der Waals surface area contributed by atoms with Crippen molar-refractivity contribution < 1.29 is 9.59 Å². The van der Waals surface area contributed by atoms with E-state index in [2.05, 4.69) is 0 Å². The second-order valence-corrected chi connectivity index (χ2v) is 3.15. The van der Waals surface area contributed by atoms with E-state index in [0.29, 0.717) is 19.3 Å². The monoisotopic (exact) mass is 191 g/mol. The lowest BCUT2D eigenvalue weighted by Crippen LogP contribution is -2.11. The molecule has 1 rings (SSSR count). The van der Waals surface area contributed by atoms with Crippen molar-refractivity contribution in [2.24, 2.45) is 5.73 Å². The summed E-state index contributed by atoms with van der Waals surface area (Å²) < 4.78 is 0. The highest BCUT2D eigenvalue weighted by Gasteiger charge is 1.97. The molecule has 2 N–H and O–H groups in total. The molecule has 74 valence electrons. The molecule has 0 saturated heterocycles. The van der Waals surface area contributed by atoms with Crippen molar-refractivity contribution in [2.75, 3.05) is 0 Å². The van der Waals surface area contributed by atoms with E-state index in [4.69, 9.17) is 5.73 Å². The van der Waals surface area contributed by atoms with E-state index in [0.717, 1.165) is 17.4 Å². The summed E-state index contributed by atoms with van der Waals surface area (Å²) in [5, 5.41) is 0. The number of aldehydes is 1. The van der Waals surface area contributed by atoms with Crippen LogP contribution in [0.3, 0.4) is 0 Å². The Kier molecular flexibility index (Phi) is 3.85. The van der Waals surface area contributed by atoms with Gasteiger partial charge in [0.25, 0.3) is 0 Å². The largest absolute Gasteiger partial charge is 0.370 e. The fraction of sp³-hybridized carbons (Fsp3) is 0.273. The van der Waals surface area contributed by atoms with E-state index in [1.54, 1.807) is 0 Å². The predicted octanol–water partition coefficient (Wildman–Crippen LogP) is 0.846. The predicted molar refractivity (Wildman–Crippen MR) is 53.7 cm³/mol. The summed E-state index contributed by atoms with van der Waals surface area (Å²) in [4.78, 5) is 20.7. The minimum Gasteiger partial charge on any atom is -0.370 e. The molecule has 1 aromatic rings. The highest BCUT2D eigenvalue weighted by Crippen LogP contribution is 2.06. The molecule has 0 saturated carbocycles. The van der Waals surface area contributed by atoms with Gasteiger partial charge < -0.3 is 10.5 Å². The van der Waals surface area contributed by atoms with Gasteiger partial charge in [0.2, 0.25) is 5.91 Å². The van der Waals surface area contributed by atoms with Gasteiger partial charge in [-0.2, -0.15) is 0 Å². The van der Waals surface area contributed by atoms with Crippen LogP contribution in [-0.2, 0) is 22.4 Å². The maximum Gasteiger partial charge on any atom is 0.217 e. The van der Waals surface area contributed by atoms with E-state index < -0.39 is 0 Å². The number of hydrogen-bond donors (Lipinski definition) is 1. The Bertz CT molecular complexity index is 317. The fourth-order valence-electron chi connectivity index (χ4n) is 1.21. The van der Waals surface area contributed by atoms with Gasteiger partial charge in [-0.15, -0.1) is 0 Å². The molecule has 0 heterocycles. The molecule has 0 unspecified atom stereocenters. The van der Waals surface area contributed by atoms with Crippen molar-refractivity contribution in [2.45, 2.75) is 19.3 Å². The molecule has 0 bridgehead atoms. The van der Waals surface area contributed by atoms with Gasteiger partial charge in [-0.1, -0.05) is 24.3 Å². The molecule has 0 aromatic heterocycles. The molecule has 0 aliphatic rings. The molecule has 1 aromatic carbocycles. The third-order valence-corrected chi connectivity index (χ3v) is 2.00. The number of carbonyl (C=O) groups is 2. The zero-order valence-electron chi connectivity index (χ0n) is 7.90. The maximum atomic E-state index is 10.5. The second kappa shape index (κ2) is 5.17. The zero-order valence-corrected chi connectivity index (χ0v) is 7.90. The van der Waals surface area contributed by atoms with Crippen molar-refractivity contribution in [3.63, 3.8) is 0 Å².